The summed E-state index contributed by atoms with van der Waals surface area (Å²) in [5.41, 5.74) is 0.843. The third-order valence-electron chi connectivity index (χ3n) is 5.61. The van der Waals surface area contributed by atoms with Crippen molar-refractivity contribution in [2.24, 2.45) is 11.8 Å². The predicted molar refractivity (Wildman–Crippen MR) is 110 cm³/mol. The molecule has 2 aromatic carbocycles. The quantitative estimate of drug-likeness (QED) is 0.748. The topological polar surface area (TPSA) is 66.5 Å². The molecule has 1 amide bonds. The van der Waals surface area contributed by atoms with Crippen LogP contribution in [0.4, 0.5) is 4.39 Å². The van der Waals surface area contributed by atoms with Crippen molar-refractivity contribution in [1.82, 2.24) is 9.62 Å². The van der Waals surface area contributed by atoms with Gasteiger partial charge in [-0.05, 0) is 48.1 Å². The van der Waals surface area contributed by atoms with Crippen molar-refractivity contribution < 1.29 is 17.6 Å². The molecule has 1 aliphatic rings. The van der Waals surface area contributed by atoms with Crippen LogP contribution in [0.5, 0.6) is 0 Å². The number of amides is 1. The lowest BCUT2D eigenvalue weighted by molar-refractivity contribution is -0.122. The van der Waals surface area contributed by atoms with Crippen LogP contribution in [-0.4, -0.2) is 31.7 Å². The van der Waals surface area contributed by atoms with Crippen LogP contribution in [0.25, 0.3) is 0 Å². The predicted octanol–water partition coefficient (Wildman–Crippen LogP) is 3.57. The van der Waals surface area contributed by atoms with Gasteiger partial charge in [0.05, 0.1) is 4.90 Å². The number of benzene rings is 2. The van der Waals surface area contributed by atoms with Gasteiger partial charge in [0.15, 0.2) is 0 Å². The Bertz CT molecular complexity index is 917. The van der Waals surface area contributed by atoms with Gasteiger partial charge in [0.25, 0.3) is 0 Å². The zero-order valence-electron chi connectivity index (χ0n) is 16.6. The fourth-order valence-corrected chi connectivity index (χ4v) is 5.38. The van der Waals surface area contributed by atoms with E-state index in [1.807, 2.05) is 6.92 Å². The van der Waals surface area contributed by atoms with Gasteiger partial charge in [-0.1, -0.05) is 43.7 Å². The van der Waals surface area contributed by atoms with E-state index in [-0.39, 0.29) is 23.6 Å². The van der Waals surface area contributed by atoms with E-state index >= 15 is 0 Å². The van der Waals surface area contributed by atoms with E-state index in [4.69, 9.17) is 0 Å². The summed E-state index contributed by atoms with van der Waals surface area (Å²) in [4.78, 5) is 12.7. The van der Waals surface area contributed by atoms with E-state index in [1.54, 1.807) is 46.8 Å². The maximum absolute atomic E-state index is 13.0. The minimum atomic E-state index is -3.50. The third-order valence-corrected chi connectivity index (χ3v) is 7.49. The van der Waals surface area contributed by atoms with Gasteiger partial charge in [-0.2, -0.15) is 4.31 Å². The zero-order chi connectivity index (χ0) is 20.9. The van der Waals surface area contributed by atoms with Crippen molar-refractivity contribution >= 4 is 15.9 Å². The molecule has 1 aliphatic heterocycles. The lowest BCUT2D eigenvalue weighted by Crippen LogP contribution is -2.44. The lowest BCUT2D eigenvalue weighted by atomic mass is 9.82. The summed E-state index contributed by atoms with van der Waals surface area (Å²) < 4.78 is 40.3. The van der Waals surface area contributed by atoms with Crippen molar-refractivity contribution in [3.8, 4) is 0 Å². The van der Waals surface area contributed by atoms with E-state index in [9.17, 15) is 17.6 Å². The number of piperidine rings is 1. The maximum atomic E-state index is 13.0. The Hall–Kier alpha value is -2.25. The molecule has 7 heteroatoms. The molecule has 5 nitrogen and oxygen atoms in total. The summed E-state index contributed by atoms with van der Waals surface area (Å²) in [6, 6.07) is 14.5. The Morgan fingerprint density at radius 2 is 1.79 bits per heavy atom. The second kappa shape index (κ2) is 9.50. The number of carbonyl (C=O) groups excluding carboxylic acids is 1. The highest BCUT2D eigenvalue weighted by Crippen LogP contribution is 2.32. The van der Waals surface area contributed by atoms with Crippen molar-refractivity contribution in [1.29, 1.82) is 0 Å². The number of nitrogens with one attached hydrogen (secondary N) is 1. The van der Waals surface area contributed by atoms with Gasteiger partial charge >= 0.3 is 0 Å². The maximum Gasteiger partial charge on any atom is 0.243 e. The van der Waals surface area contributed by atoms with Crippen LogP contribution in [-0.2, 0) is 21.4 Å². The van der Waals surface area contributed by atoms with Gasteiger partial charge in [0.1, 0.15) is 5.82 Å². The normalized spacial score (nSPS) is 20.3. The number of rotatable bonds is 7. The Kier molecular flexibility index (Phi) is 7.03. The second-order valence-corrected chi connectivity index (χ2v) is 9.44. The number of nitrogens with zero attached hydrogens (tertiary/aromatic N) is 1. The Morgan fingerprint density at radius 3 is 2.45 bits per heavy atom. The minimum Gasteiger partial charge on any atom is -0.352 e. The van der Waals surface area contributed by atoms with Crippen LogP contribution in [0.1, 0.15) is 31.7 Å². The van der Waals surface area contributed by atoms with Gasteiger partial charge in [-0.25, -0.2) is 12.8 Å². The monoisotopic (exact) mass is 418 g/mol. The lowest BCUT2D eigenvalue weighted by Gasteiger charge is -2.37. The molecule has 2 unspecified atom stereocenters. The SMILES string of the molecule is CCC1CN(S(=O)(=O)c2ccccc2)CCC1CC(=O)NCc1ccc(F)cc1. The molecule has 1 heterocycles. The average molecular weight is 419 g/mol. The zero-order valence-corrected chi connectivity index (χ0v) is 17.4. The molecule has 1 N–H and O–H groups in total. The molecule has 29 heavy (non-hydrogen) atoms. The van der Waals surface area contributed by atoms with Crippen molar-refractivity contribution in [2.75, 3.05) is 13.1 Å². The minimum absolute atomic E-state index is 0.0582. The smallest absolute Gasteiger partial charge is 0.243 e. The first-order valence-electron chi connectivity index (χ1n) is 9.96. The van der Waals surface area contributed by atoms with Crippen LogP contribution < -0.4 is 5.32 Å². The fourth-order valence-electron chi connectivity index (χ4n) is 3.85. The molecular weight excluding hydrogens is 391 g/mol. The van der Waals surface area contributed by atoms with Gasteiger partial charge in [0, 0.05) is 26.1 Å². The van der Waals surface area contributed by atoms with Gasteiger partial charge in [-0.3, -0.25) is 4.79 Å². The van der Waals surface area contributed by atoms with Crippen LogP contribution in [0.3, 0.4) is 0 Å². The first-order chi connectivity index (χ1) is 13.9. The summed E-state index contributed by atoms with van der Waals surface area (Å²) in [7, 11) is -3.50. The van der Waals surface area contributed by atoms with E-state index in [2.05, 4.69) is 5.32 Å². The van der Waals surface area contributed by atoms with Crippen molar-refractivity contribution in [3.05, 3.63) is 66.0 Å². The number of hydrogen-bond acceptors (Lipinski definition) is 3. The van der Waals surface area contributed by atoms with E-state index in [1.165, 1.54) is 12.1 Å². The highest BCUT2D eigenvalue weighted by Gasteiger charge is 2.35. The molecular formula is C22H27FN2O3S. The van der Waals surface area contributed by atoms with Gasteiger partial charge in [0.2, 0.25) is 15.9 Å². The largest absolute Gasteiger partial charge is 0.352 e. The van der Waals surface area contributed by atoms with Crippen LogP contribution in [0, 0.1) is 17.7 Å². The van der Waals surface area contributed by atoms with Crippen LogP contribution in [0.2, 0.25) is 0 Å². The molecule has 1 saturated heterocycles. The molecule has 0 saturated carbocycles. The molecule has 156 valence electrons. The summed E-state index contributed by atoms with van der Waals surface area (Å²) in [6.45, 7) is 3.25. The molecule has 0 bridgehead atoms. The molecule has 0 spiro atoms. The van der Waals surface area contributed by atoms with Crippen LogP contribution >= 0.6 is 0 Å². The molecule has 2 aromatic rings. The van der Waals surface area contributed by atoms with Gasteiger partial charge < -0.3 is 5.32 Å². The summed E-state index contributed by atoms with van der Waals surface area (Å²) in [5.74, 6) is -0.0746. The molecule has 0 aliphatic carbocycles. The molecule has 2 atom stereocenters. The molecule has 3 rings (SSSR count). The summed E-state index contributed by atoms with van der Waals surface area (Å²) in [5, 5.41) is 2.88. The molecule has 1 fully saturated rings. The van der Waals surface area contributed by atoms with E-state index in [0.717, 1.165) is 12.0 Å². The van der Waals surface area contributed by atoms with Crippen molar-refractivity contribution in [2.45, 2.75) is 37.6 Å². The Morgan fingerprint density at radius 1 is 1.10 bits per heavy atom. The third kappa shape index (κ3) is 5.42. The summed E-state index contributed by atoms with van der Waals surface area (Å²) >= 11 is 0. The van der Waals surface area contributed by atoms with E-state index in [0.29, 0.717) is 37.4 Å². The Labute approximate surface area is 172 Å². The number of hydrogen-bond donors (Lipinski definition) is 1. The van der Waals surface area contributed by atoms with Crippen LogP contribution in [0.15, 0.2) is 59.5 Å². The second-order valence-electron chi connectivity index (χ2n) is 7.50. The average Bonchev–Trinajstić information content (AvgIpc) is 2.74. The Balaban J connectivity index is 1.57. The highest BCUT2D eigenvalue weighted by molar-refractivity contribution is 7.89. The number of sulfonamides is 1. The molecule has 0 radical (unpaired) electrons. The van der Waals surface area contributed by atoms with Crippen molar-refractivity contribution in [3.63, 3.8) is 0 Å². The van der Waals surface area contributed by atoms with E-state index < -0.39 is 10.0 Å². The fraction of sp³-hybridized carbons (Fsp3) is 0.409. The first kappa shape index (κ1) is 21.5. The van der Waals surface area contributed by atoms with Gasteiger partial charge in [-0.15, -0.1) is 0 Å². The summed E-state index contributed by atoms with van der Waals surface area (Å²) in [6.07, 6.45) is 1.85. The number of carbonyl (C=O) groups is 1. The highest BCUT2D eigenvalue weighted by atomic mass is 32.2. The standard InChI is InChI=1S/C22H27FN2O3S/c1-2-18-16-25(29(27,28)21-6-4-3-5-7-21)13-12-19(18)14-22(26)24-15-17-8-10-20(23)11-9-17/h3-11,18-19H,2,12-16H2,1H3,(H,24,26). The number of halogens is 1. The molecule has 0 aromatic heterocycles. The first-order valence-corrected chi connectivity index (χ1v) is 11.4.